The predicted molar refractivity (Wildman–Crippen MR) is 83.7 cm³/mol. The molecule has 0 spiro atoms. The Balaban J connectivity index is 2.64. The van der Waals surface area contributed by atoms with Crippen molar-refractivity contribution in [3.05, 3.63) is 27.2 Å². The molecule has 0 aliphatic rings. The minimum Gasteiger partial charge on any atom is -0.330 e. The molecule has 110 valence electrons. The van der Waals surface area contributed by atoms with Crippen LogP contribution in [0.5, 0.6) is 0 Å². The highest BCUT2D eigenvalue weighted by Gasteiger charge is 2.31. The van der Waals surface area contributed by atoms with Crippen molar-refractivity contribution in [1.29, 1.82) is 0 Å². The van der Waals surface area contributed by atoms with Crippen LogP contribution < -0.4 is 0 Å². The summed E-state index contributed by atoms with van der Waals surface area (Å²) in [5, 5.41) is 0. The van der Waals surface area contributed by atoms with Crippen LogP contribution in [0, 0.1) is 10.6 Å². The van der Waals surface area contributed by atoms with Crippen LogP contribution in [0.3, 0.4) is 0 Å². The summed E-state index contributed by atoms with van der Waals surface area (Å²) in [6, 6.07) is 2.93. The number of hydrogen-bond acceptors (Lipinski definition) is 3. The Morgan fingerprint density at radius 2 is 2.05 bits per heavy atom. The van der Waals surface area contributed by atoms with E-state index in [1.807, 2.05) is 0 Å². The summed E-state index contributed by atoms with van der Waals surface area (Å²) in [5.41, 5.74) is 1.21. The van der Waals surface area contributed by atoms with Gasteiger partial charge in [-0.2, -0.15) is 0 Å². The van der Waals surface area contributed by atoms with E-state index in [0.717, 1.165) is 0 Å². The molecule has 2 aromatic rings. The van der Waals surface area contributed by atoms with Gasteiger partial charge in [-0.3, -0.25) is 0 Å². The van der Waals surface area contributed by atoms with Gasteiger partial charge < -0.3 is 9.55 Å². The van der Waals surface area contributed by atoms with Gasteiger partial charge in [-0.25, -0.2) is 12.8 Å². The Hall–Kier alpha value is -0.730. The molecule has 0 amide bonds. The van der Waals surface area contributed by atoms with Gasteiger partial charge in [0.2, 0.25) is 0 Å². The fourth-order valence-electron chi connectivity index (χ4n) is 1.81. The minimum absolute atomic E-state index is 0.197. The number of sulfone groups is 1. The van der Waals surface area contributed by atoms with E-state index in [1.165, 1.54) is 12.3 Å². The van der Waals surface area contributed by atoms with Crippen molar-refractivity contribution in [1.82, 2.24) is 9.55 Å². The summed E-state index contributed by atoms with van der Waals surface area (Å²) in [7, 11) is -3.25. The molecular weight excluding hydrogens is 367 g/mol. The second-order valence-corrected chi connectivity index (χ2v) is 9.22. The van der Waals surface area contributed by atoms with Gasteiger partial charge in [-0.1, -0.05) is 0 Å². The first kappa shape index (κ1) is 15.7. The van der Waals surface area contributed by atoms with Gasteiger partial charge >= 0.3 is 0 Å². The molecule has 0 saturated carbocycles. The average Bonchev–Trinajstić information content (AvgIpc) is 2.55. The zero-order valence-corrected chi connectivity index (χ0v) is 14.4. The third-order valence-corrected chi connectivity index (χ3v) is 6.43. The molecule has 20 heavy (non-hydrogen) atoms. The molecule has 1 N–H and O–H groups in total. The van der Waals surface area contributed by atoms with Crippen molar-refractivity contribution >= 4 is 49.0 Å². The number of H-pyrrole nitrogens is 1. The van der Waals surface area contributed by atoms with Gasteiger partial charge in [0.15, 0.2) is 14.6 Å². The number of benzene rings is 1. The van der Waals surface area contributed by atoms with Gasteiger partial charge in [0.1, 0.15) is 5.82 Å². The number of fused-ring (bicyclic) bond motifs is 1. The first-order chi connectivity index (χ1) is 9.03. The van der Waals surface area contributed by atoms with E-state index in [2.05, 4.69) is 20.9 Å². The van der Waals surface area contributed by atoms with Crippen LogP contribution in [-0.4, -0.2) is 29.0 Å². The second-order valence-electron chi connectivity index (χ2n) is 5.33. The van der Waals surface area contributed by atoms with E-state index in [9.17, 15) is 12.8 Å². The summed E-state index contributed by atoms with van der Waals surface area (Å²) in [5.74, 6) is -0.400. The topological polar surface area (TPSA) is 54.9 Å². The van der Waals surface area contributed by atoms with Crippen LogP contribution in [0.15, 0.2) is 16.6 Å². The van der Waals surface area contributed by atoms with Crippen LogP contribution in [-0.2, 0) is 16.4 Å². The summed E-state index contributed by atoms with van der Waals surface area (Å²) in [6.45, 7) is 3.48. The fraction of sp³-hybridized carbons (Fsp3) is 0.417. The number of hydrogen-bond donors (Lipinski definition) is 1. The van der Waals surface area contributed by atoms with Crippen LogP contribution >= 0.6 is 28.1 Å². The molecule has 0 bridgehead atoms. The monoisotopic (exact) mass is 380 g/mol. The Morgan fingerprint density at radius 1 is 1.45 bits per heavy atom. The van der Waals surface area contributed by atoms with Crippen molar-refractivity contribution in [2.24, 2.45) is 0 Å². The Morgan fingerprint density at radius 3 is 2.60 bits per heavy atom. The second kappa shape index (κ2) is 4.92. The average molecular weight is 381 g/mol. The standard InChI is InChI=1S/C12H14BrFN2O2S2/c1-12(2,20(3,17)18)6-16-10-4-7(13)8(14)5-9(10)15-11(16)19/h4-5H,6H2,1-3H3,(H,15,19). The van der Waals surface area contributed by atoms with E-state index < -0.39 is 20.4 Å². The van der Waals surface area contributed by atoms with Gasteiger partial charge in [0, 0.05) is 18.9 Å². The minimum atomic E-state index is -3.25. The quantitative estimate of drug-likeness (QED) is 0.829. The lowest BCUT2D eigenvalue weighted by molar-refractivity contribution is 0.506. The molecule has 0 saturated heterocycles. The Kier molecular flexibility index (Phi) is 3.85. The molecule has 8 heteroatoms. The zero-order valence-electron chi connectivity index (χ0n) is 11.2. The molecule has 0 aliphatic carbocycles. The van der Waals surface area contributed by atoms with Crippen LogP contribution in [0.25, 0.3) is 11.0 Å². The molecule has 0 fully saturated rings. The lowest BCUT2D eigenvalue weighted by Gasteiger charge is -2.23. The van der Waals surface area contributed by atoms with E-state index in [1.54, 1.807) is 24.5 Å². The first-order valence-electron chi connectivity index (χ1n) is 5.80. The lowest BCUT2D eigenvalue weighted by atomic mass is 10.2. The van der Waals surface area contributed by atoms with Crippen molar-refractivity contribution in [3.63, 3.8) is 0 Å². The number of aromatic nitrogens is 2. The molecule has 0 atom stereocenters. The van der Waals surface area contributed by atoms with Crippen LogP contribution in [0.4, 0.5) is 4.39 Å². The zero-order chi connectivity index (χ0) is 15.3. The Bertz CT molecular complexity index is 837. The number of nitrogens with one attached hydrogen (secondary N) is 1. The summed E-state index contributed by atoms with van der Waals surface area (Å²) >= 11 is 8.33. The summed E-state index contributed by atoms with van der Waals surface area (Å²) < 4.78 is 38.5. The maximum absolute atomic E-state index is 13.5. The van der Waals surface area contributed by atoms with Crippen LogP contribution in [0.2, 0.25) is 0 Å². The van der Waals surface area contributed by atoms with Gasteiger partial charge in [-0.05, 0) is 48.1 Å². The highest BCUT2D eigenvalue weighted by molar-refractivity contribution is 9.10. The largest absolute Gasteiger partial charge is 0.330 e. The van der Waals surface area contributed by atoms with Crippen LogP contribution in [0.1, 0.15) is 13.8 Å². The van der Waals surface area contributed by atoms with Crippen molar-refractivity contribution < 1.29 is 12.8 Å². The third kappa shape index (κ3) is 2.68. The number of aromatic amines is 1. The van der Waals surface area contributed by atoms with Crippen molar-refractivity contribution in [2.75, 3.05) is 6.26 Å². The maximum Gasteiger partial charge on any atom is 0.178 e. The number of rotatable bonds is 3. The number of nitrogens with zero attached hydrogens (tertiary/aromatic N) is 1. The molecule has 1 aromatic carbocycles. The summed E-state index contributed by atoms with van der Waals surface area (Å²) in [6.07, 6.45) is 1.20. The molecule has 0 aliphatic heterocycles. The van der Waals surface area contributed by atoms with Gasteiger partial charge in [0.25, 0.3) is 0 Å². The van der Waals surface area contributed by atoms with E-state index >= 15 is 0 Å². The van der Waals surface area contributed by atoms with E-state index in [0.29, 0.717) is 20.3 Å². The normalized spacial score (nSPS) is 13.1. The molecule has 2 rings (SSSR count). The molecule has 0 unspecified atom stereocenters. The SMILES string of the molecule is CC(C)(Cn1c(=S)[nH]c2cc(F)c(Br)cc21)S(C)(=O)=O. The van der Waals surface area contributed by atoms with Gasteiger partial charge in [-0.15, -0.1) is 0 Å². The van der Waals surface area contributed by atoms with Crippen molar-refractivity contribution in [3.8, 4) is 0 Å². The number of halogens is 2. The maximum atomic E-state index is 13.5. The van der Waals surface area contributed by atoms with Crippen molar-refractivity contribution in [2.45, 2.75) is 25.1 Å². The van der Waals surface area contributed by atoms with E-state index in [4.69, 9.17) is 12.2 Å². The molecule has 1 heterocycles. The number of imidazole rings is 1. The predicted octanol–water partition coefficient (Wildman–Crippen LogP) is 3.42. The molecular formula is C12H14BrFN2O2S2. The highest BCUT2D eigenvalue weighted by atomic mass is 79.9. The lowest BCUT2D eigenvalue weighted by Crippen LogP contribution is -2.35. The molecule has 1 aromatic heterocycles. The molecule has 0 radical (unpaired) electrons. The molecule has 4 nitrogen and oxygen atoms in total. The first-order valence-corrected chi connectivity index (χ1v) is 8.89. The van der Waals surface area contributed by atoms with E-state index in [-0.39, 0.29) is 6.54 Å². The smallest absolute Gasteiger partial charge is 0.178 e. The highest BCUT2D eigenvalue weighted by Crippen LogP contribution is 2.26. The summed E-state index contributed by atoms with van der Waals surface area (Å²) in [4.78, 5) is 2.89. The van der Waals surface area contributed by atoms with Gasteiger partial charge in [0.05, 0.1) is 20.3 Å². The third-order valence-electron chi connectivity index (χ3n) is 3.36. The Labute approximate surface area is 130 Å². The fourth-order valence-corrected chi connectivity index (χ4v) is 2.77.